The predicted molar refractivity (Wildman–Crippen MR) is 83.6 cm³/mol. The molecule has 0 spiro atoms. The summed E-state index contributed by atoms with van der Waals surface area (Å²) < 4.78 is 5.92. The lowest BCUT2D eigenvalue weighted by atomic mass is 9.89. The van der Waals surface area contributed by atoms with Crippen molar-refractivity contribution in [3.05, 3.63) is 41.8 Å². The Morgan fingerprint density at radius 3 is 3.14 bits per heavy atom. The molecule has 1 amide bonds. The average molecular weight is 297 g/mol. The van der Waals surface area contributed by atoms with E-state index in [-0.39, 0.29) is 0 Å². The molecule has 22 heavy (non-hydrogen) atoms. The van der Waals surface area contributed by atoms with Gasteiger partial charge in [-0.25, -0.2) is 4.98 Å². The number of piperidine rings is 1. The van der Waals surface area contributed by atoms with Crippen molar-refractivity contribution in [3.63, 3.8) is 0 Å². The molecule has 0 aliphatic carbocycles. The van der Waals surface area contributed by atoms with E-state index in [2.05, 4.69) is 22.0 Å². The van der Waals surface area contributed by atoms with E-state index in [1.54, 1.807) is 12.1 Å². The summed E-state index contributed by atoms with van der Waals surface area (Å²) in [6.45, 7) is 2.22. The van der Waals surface area contributed by atoms with Gasteiger partial charge in [-0.3, -0.25) is 9.69 Å². The Bertz CT molecular complexity index is 749. The third-order valence-corrected chi connectivity index (χ3v) is 4.75. The van der Waals surface area contributed by atoms with Crippen LogP contribution in [0.4, 0.5) is 0 Å². The van der Waals surface area contributed by atoms with Crippen molar-refractivity contribution >= 4 is 17.0 Å². The third-order valence-electron chi connectivity index (χ3n) is 4.75. The van der Waals surface area contributed by atoms with Gasteiger partial charge in [-0.15, -0.1) is 0 Å². The van der Waals surface area contributed by atoms with Gasteiger partial charge in [0.2, 0.25) is 0 Å². The van der Waals surface area contributed by atoms with Crippen LogP contribution in [0.5, 0.6) is 0 Å². The first-order chi connectivity index (χ1) is 10.7. The molecule has 5 heteroatoms. The lowest BCUT2D eigenvalue weighted by Crippen LogP contribution is -2.42. The molecular formula is C17H19N3O2. The largest absolute Gasteiger partial charge is 0.440 e. The Labute approximate surface area is 128 Å². The van der Waals surface area contributed by atoms with Gasteiger partial charge >= 0.3 is 0 Å². The van der Waals surface area contributed by atoms with E-state index in [0.29, 0.717) is 28.6 Å². The Morgan fingerprint density at radius 1 is 1.36 bits per heavy atom. The van der Waals surface area contributed by atoms with Crippen LogP contribution in [0, 0.1) is 0 Å². The number of rotatable bonds is 2. The predicted octanol–water partition coefficient (Wildman–Crippen LogP) is 2.43. The summed E-state index contributed by atoms with van der Waals surface area (Å²) >= 11 is 0. The second-order valence-electron chi connectivity index (χ2n) is 6.11. The number of benzene rings is 1. The minimum atomic E-state index is -0.463. The number of carbonyl (C=O) groups excluding carboxylic acids is 1. The standard InChI is InChI=1S/C17H19N3O2/c18-16(21)13-5-3-6-14-15(13)19-17(22-14)11-7-9-20-8-2-1-4-12(20)10-11/h1,3-6,11-12H,2,7-10H2,(H2,18,21). The quantitative estimate of drug-likeness (QED) is 0.864. The number of oxazole rings is 1. The molecule has 4 rings (SSSR count). The van der Waals surface area contributed by atoms with E-state index in [1.807, 2.05) is 6.07 Å². The molecule has 1 saturated heterocycles. The maximum Gasteiger partial charge on any atom is 0.251 e. The minimum Gasteiger partial charge on any atom is -0.440 e. The van der Waals surface area contributed by atoms with Crippen LogP contribution in [0.1, 0.15) is 41.4 Å². The molecule has 2 N–H and O–H groups in total. The van der Waals surface area contributed by atoms with Crippen molar-refractivity contribution < 1.29 is 9.21 Å². The van der Waals surface area contributed by atoms with E-state index in [4.69, 9.17) is 10.2 Å². The number of nitrogens with zero attached hydrogens (tertiary/aromatic N) is 2. The number of amides is 1. The number of aromatic nitrogens is 1. The van der Waals surface area contributed by atoms with Gasteiger partial charge in [0.1, 0.15) is 5.52 Å². The highest BCUT2D eigenvalue weighted by molar-refractivity contribution is 6.03. The highest BCUT2D eigenvalue weighted by Gasteiger charge is 2.31. The van der Waals surface area contributed by atoms with Crippen molar-refractivity contribution in [3.8, 4) is 0 Å². The first-order valence-corrected chi connectivity index (χ1v) is 7.82. The first kappa shape index (κ1) is 13.5. The Morgan fingerprint density at radius 2 is 2.27 bits per heavy atom. The molecule has 3 heterocycles. The van der Waals surface area contributed by atoms with Crippen LogP contribution in [0.3, 0.4) is 0 Å². The fourth-order valence-corrected chi connectivity index (χ4v) is 3.58. The van der Waals surface area contributed by atoms with E-state index in [0.717, 1.165) is 38.2 Å². The molecule has 2 unspecified atom stereocenters. The van der Waals surface area contributed by atoms with E-state index in [9.17, 15) is 4.79 Å². The van der Waals surface area contributed by atoms with Crippen LogP contribution in [-0.4, -0.2) is 34.9 Å². The molecule has 0 saturated carbocycles. The van der Waals surface area contributed by atoms with Crippen LogP contribution in [0.15, 0.2) is 34.8 Å². The fourth-order valence-electron chi connectivity index (χ4n) is 3.58. The molecule has 5 nitrogen and oxygen atoms in total. The summed E-state index contributed by atoms with van der Waals surface area (Å²) in [5.74, 6) is 0.579. The number of primary amides is 1. The maximum atomic E-state index is 11.5. The Balaban J connectivity index is 1.67. The summed E-state index contributed by atoms with van der Waals surface area (Å²) in [7, 11) is 0. The smallest absolute Gasteiger partial charge is 0.251 e. The van der Waals surface area contributed by atoms with Gasteiger partial charge in [-0.2, -0.15) is 0 Å². The number of para-hydroxylation sites is 1. The normalized spacial score (nSPS) is 25.3. The minimum absolute atomic E-state index is 0.303. The lowest BCUT2D eigenvalue weighted by Gasteiger charge is -2.38. The van der Waals surface area contributed by atoms with Crippen LogP contribution >= 0.6 is 0 Å². The van der Waals surface area contributed by atoms with E-state index >= 15 is 0 Å². The van der Waals surface area contributed by atoms with Gasteiger partial charge in [-0.05, 0) is 37.9 Å². The molecule has 114 valence electrons. The van der Waals surface area contributed by atoms with Crippen LogP contribution in [0.2, 0.25) is 0 Å². The highest BCUT2D eigenvalue weighted by atomic mass is 16.3. The zero-order valence-corrected chi connectivity index (χ0v) is 12.4. The number of nitrogens with two attached hydrogens (primary N) is 1. The van der Waals surface area contributed by atoms with Gasteiger partial charge in [0.05, 0.1) is 5.56 Å². The van der Waals surface area contributed by atoms with Crippen molar-refractivity contribution in [2.75, 3.05) is 13.1 Å². The summed E-state index contributed by atoms with van der Waals surface area (Å²) in [6.07, 6.45) is 7.78. The number of hydrogen-bond donors (Lipinski definition) is 1. The average Bonchev–Trinajstić information content (AvgIpc) is 2.98. The summed E-state index contributed by atoms with van der Waals surface area (Å²) in [4.78, 5) is 18.6. The van der Waals surface area contributed by atoms with Crippen LogP contribution < -0.4 is 5.73 Å². The molecule has 1 fully saturated rings. The molecule has 2 atom stereocenters. The molecule has 2 aromatic rings. The molecule has 2 aliphatic rings. The number of hydrogen-bond acceptors (Lipinski definition) is 4. The second-order valence-corrected chi connectivity index (χ2v) is 6.11. The third kappa shape index (κ3) is 2.22. The van der Waals surface area contributed by atoms with Crippen LogP contribution in [-0.2, 0) is 0 Å². The Kier molecular flexibility index (Phi) is 3.22. The lowest BCUT2D eigenvalue weighted by molar-refractivity contribution is 0.100. The first-order valence-electron chi connectivity index (χ1n) is 7.82. The van der Waals surface area contributed by atoms with Crippen LogP contribution in [0.25, 0.3) is 11.1 Å². The van der Waals surface area contributed by atoms with Crippen molar-refractivity contribution in [2.24, 2.45) is 5.73 Å². The number of carbonyl (C=O) groups is 1. The molecule has 0 bridgehead atoms. The molecular weight excluding hydrogens is 278 g/mol. The molecule has 0 radical (unpaired) electrons. The highest BCUT2D eigenvalue weighted by Crippen LogP contribution is 2.34. The van der Waals surface area contributed by atoms with Gasteiger partial charge in [0.25, 0.3) is 5.91 Å². The Hall–Kier alpha value is -2.14. The summed E-state index contributed by atoms with van der Waals surface area (Å²) in [5.41, 5.74) is 7.09. The van der Waals surface area contributed by atoms with Crippen molar-refractivity contribution in [1.82, 2.24) is 9.88 Å². The van der Waals surface area contributed by atoms with Gasteiger partial charge < -0.3 is 10.2 Å². The topological polar surface area (TPSA) is 72.4 Å². The molecule has 2 aliphatic heterocycles. The molecule has 1 aromatic carbocycles. The monoisotopic (exact) mass is 297 g/mol. The number of fused-ring (bicyclic) bond motifs is 2. The van der Waals surface area contributed by atoms with Gasteiger partial charge in [0, 0.05) is 18.5 Å². The summed E-state index contributed by atoms with van der Waals surface area (Å²) in [5, 5.41) is 0. The van der Waals surface area contributed by atoms with Gasteiger partial charge in [0.15, 0.2) is 11.5 Å². The maximum absolute atomic E-state index is 11.5. The SMILES string of the molecule is NC(=O)c1cccc2oc(C3CCN4CCC=CC4C3)nc12. The van der Waals surface area contributed by atoms with Crippen molar-refractivity contribution in [2.45, 2.75) is 31.2 Å². The van der Waals surface area contributed by atoms with E-state index < -0.39 is 5.91 Å². The fraction of sp³-hybridized carbons (Fsp3) is 0.412. The molecule has 1 aromatic heterocycles. The van der Waals surface area contributed by atoms with E-state index in [1.165, 1.54) is 0 Å². The second kappa shape index (κ2) is 5.25. The van der Waals surface area contributed by atoms with Crippen molar-refractivity contribution in [1.29, 1.82) is 0 Å². The summed E-state index contributed by atoms with van der Waals surface area (Å²) in [6, 6.07) is 5.81. The van der Waals surface area contributed by atoms with Gasteiger partial charge in [-0.1, -0.05) is 18.2 Å². The zero-order chi connectivity index (χ0) is 15.1. The zero-order valence-electron chi connectivity index (χ0n) is 12.4.